The Kier molecular flexibility index (Phi) is 9.33. The van der Waals surface area contributed by atoms with Crippen LogP contribution < -0.4 is 5.32 Å². The van der Waals surface area contributed by atoms with Crippen LogP contribution in [0.4, 0.5) is 4.79 Å². The number of nitrogens with one attached hydrogen (secondary N) is 1. The monoisotopic (exact) mass is 235 g/mol. The molecule has 0 unspecified atom stereocenters. The van der Waals surface area contributed by atoms with E-state index in [4.69, 9.17) is 9.84 Å². The molecule has 0 atom stereocenters. The number of carbonyl (C=O) groups is 2. The maximum atomic E-state index is 11.0. The van der Waals surface area contributed by atoms with Gasteiger partial charge in [-0.3, -0.25) is 4.79 Å². The number of rotatable bonds is 9. The highest BCUT2D eigenvalue weighted by molar-refractivity contribution is 5.67. The lowest BCUT2D eigenvalue weighted by atomic mass is 10.2. The van der Waals surface area contributed by atoms with Crippen LogP contribution in [-0.4, -0.2) is 44.0 Å². The highest BCUT2D eigenvalue weighted by Gasteiger charge is 2.01. The summed E-state index contributed by atoms with van der Waals surface area (Å²) in [4.78, 5) is 29.9. The quantitative estimate of drug-likeness (QED) is 0.344. The van der Waals surface area contributed by atoms with Crippen LogP contribution in [0, 0.1) is 0 Å². The van der Waals surface area contributed by atoms with Crippen LogP contribution in [0.1, 0.15) is 19.3 Å². The Labute approximate surface area is 93.6 Å². The lowest BCUT2D eigenvalue weighted by Gasteiger charge is -2.05. The number of carboxylic acids is 1. The summed E-state index contributed by atoms with van der Waals surface area (Å²) in [5, 5.41) is 10.8. The first-order valence-electron chi connectivity index (χ1n) is 4.95. The van der Waals surface area contributed by atoms with Gasteiger partial charge in [-0.1, -0.05) is 0 Å². The van der Waals surface area contributed by atoms with Gasteiger partial charge < -0.3 is 15.2 Å². The molecule has 2 N–H and O–H groups in total. The zero-order chi connectivity index (χ0) is 12.2. The van der Waals surface area contributed by atoms with E-state index in [0.717, 1.165) is 0 Å². The third-order valence-electron chi connectivity index (χ3n) is 1.60. The topological polar surface area (TPSA) is 94.1 Å². The molecule has 1 amide bonds. The first-order valence-corrected chi connectivity index (χ1v) is 4.95. The number of unbranched alkanes of at least 4 members (excludes halogenated alkanes) is 1. The summed E-state index contributed by atoms with van der Waals surface area (Å²) < 4.78 is 4.70. The summed E-state index contributed by atoms with van der Waals surface area (Å²) >= 11 is 0. The third kappa shape index (κ3) is 10.7. The number of hydrogen-bond acceptors (Lipinski definition) is 5. The fourth-order valence-corrected chi connectivity index (χ4v) is 0.894. The Morgan fingerprint density at radius 2 is 2.00 bits per heavy atom. The van der Waals surface area contributed by atoms with Crippen molar-refractivity contribution in [1.29, 1.82) is 0 Å². The molecule has 0 aliphatic heterocycles. The molecule has 0 spiro atoms. The number of amides is 1. The van der Waals surface area contributed by atoms with E-state index >= 15 is 0 Å². The first-order chi connectivity index (χ1) is 7.66. The Morgan fingerprint density at radius 3 is 2.62 bits per heavy atom. The fourth-order valence-electron chi connectivity index (χ4n) is 0.894. The van der Waals surface area contributed by atoms with Crippen molar-refractivity contribution in [3.63, 3.8) is 0 Å². The molecule has 0 fully saturated rings. The van der Waals surface area contributed by atoms with Gasteiger partial charge in [-0.2, -0.15) is 0 Å². The van der Waals surface area contributed by atoms with Crippen LogP contribution in [0.2, 0.25) is 0 Å². The van der Waals surface area contributed by atoms with Gasteiger partial charge in [-0.05, 0) is 12.8 Å². The molecule has 0 saturated carbocycles. The zero-order valence-electron chi connectivity index (χ0n) is 9.23. The standard InChI is InChI=1S/C9H17NO6/c1-14-16-7-6-15-9(13)10-5-3-2-4-8(11)12/h2-7H2,1H3,(H,10,13)(H,11,12). The summed E-state index contributed by atoms with van der Waals surface area (Å²) in [7, 11) is 1.36. The average Bonchev–Trinajstić information content (AvgIpc) is 2.23. The highest BCUT2D eigenvalue weighted by atomic mass is 17.2. The normalized spacial score (nSPS) is 9.81. The smallest absolute Gasteiger partial charge is 0.407 e. The fraction of sp³-hybridized carbons (Fsp3) is 0.778. The van der Waals surface area contributed by atoms with Crippen LogP contribution in [-0.2, 0) is 19.3 Å². The van der Waals surface area contributed by atoms with E-state index in [1.165, 1.54) is 7.11 Å². The van der Waals surface area contributed by atoms with E-state index in [1.54, 1.807) is 0 Å². The Hall–Kier alpha value is -1.34. The molecule has 0 bridgehead atoms. The van der Waals surface area contributed by atoms with Gasteiger partial charge in [0.05, 0.1) is 7.11 Å². The molecule has 0 heterocycles. The number of ether oxygens (including phenoxy) is 1. The van der Waals surface area contributed by atoms with Gasteiger partial charge in [0.2, 0.25) is 0 Å². The predicted molar refractivity (Wildman–Crippen MR) is 53.8 cm³/mol. The van der Waals surface area contributed by atoms with Gasteiger partial charge >= 0.3 is 12.1 Å². The van der Waals surface area contributed by atoms with E-state index < -0.39 is 12.1 Å². The Morgan fingerprint density at radius 1 is 1.25 bits per heavy atom. The van der Waals surface area contributed by atoms with Crippen LogP contribution in [0.15, 0.2) is 0 Å². The van der Waals surface area contributed by atoms with Crippen molar-refractivity contribution in [1.82, 2.24) is 5.32 Å². The molecular weight excluding hydrogens is 218 g/mol. The van der Waals surface area contributed by atoms with Gasteiger partial charge in [0.1, 0.15) is 13.2 Å². The third-order valence-corrected chi connectivity index (χ3v) is 1.60. The molecule has 0 saturated heterocycles. The Bertz CT molecular complexity index is 208. The summed E-state index contributed by atoms with van der Waals surface area (Å²) in [6.07, 6.45) is 0.701. The zero-order valence-corrected chi connectivity index (χ0v) is 9.23. The second-order valence-electron chi connectivity index (χ2n) is 2.90. The molecule has 0 rings (SSSR count). The van der Waals surface area contributed by atoms with E-state index in [1.807, 2.05) is 0 Å². The SMILES string of the molecule is COOCCOC(=O)NCCCCC(=O)O. The molecule has 0 aliphatic rings. The van der Waals surface area contributed by atoms with E-state index in [-0.39, 0.29) is 19.6 Å². The van der Waals surface area contributed by atoms with Crippen molar-refractivity contribution >= 4 is 12.1 Å². The minimum atomic E-state index is -0.834. The largest absolute Gasteiger partial charge is 0.481 e. The summed E-state index contributed by atoms with van der Waals surface area (Å²) in [6, 6.07) is 0. The van der Waals surface area contributed by atoms with Crippen molar-refractivity contribution in [2.45, 2.75) is 19.3 Å². The molecule has 0 radical (unpaired) electrons. The minimum Gasteiger partial charge on any atom is -0.481 e. The molecule has 0 aliphatic carbocycles. The maximum absolute atomic E-state index is 11.0. The van der Waals surface area contributed by atoms with Crippen molar-refractivity contribution < 1.29 is 29.2 Å². The van der Waals surface area contributed by atoms with Gasteiger partial charge in [0.15, 0.2) is 0 Å². The van der Waals surface area contributed by atoms with Crippen molar-refractivity contribution in [3.05, 3.63) is 0 Å². The average molecular weight is 235 g/mol. The molecule has 16 heavy (non-hydrogen) atoms. The van der Waals surface area contributed by atoms with Gasteiger partial charge in [0, 0.05) is 13.0 Å². The number of carboxylic acid groups (broad SMARTS) is 1. The summed E-state index contributed by atoms with van der Waals surface area (Å²) in [5.74, 6) is -0.834. The summed E-state index contributed by atoms with van der Waals surface area (Å²) in [6.45, 7) is 0.676. The van der Waals surface area contributed by atoms with Crippen LogP contribution in [0.3, 0.4) is 0 Å². The van der Waals surface area contributed by atoms with Gasteiger partial charge in [-0.15, -0.1) is 0 Å². The number of carbonyl (C=O) groups excluding carboxylic acids is 1. The molecule has 0 aromatic carbocycles. The first kappa shape index (κ1) is 14.7. The lowest BCUT2D eigenvalue weighted by Crippen LogP contribution is -2.26. The molecule has 7 nitrogen and oxygen atoms in total. The second kappa shape index (κ2) is 10.2. The van der Waals surface area contributed by atoms with Crippen LogP contribution in [0.5, 0.6) is 0 Å². The number of aliphatic carboxylic acids is 1. The second-order valence-corrected chi connectivity index (χ2v) is 2.90. The van der Waals surface area contributed by atoms with Crippen molar-refractivity contribution in [3.8, 4) is 0 Å². The lowest BCUT2D eigenvalue weighted by molar-refractivity contribution is -0.275. The maximum Gasteiger partial charge on any atom is 0.407 e. The van der Waals surface area contributed by atoms with Crippen LogP contribution in [0.25, 0.3) is 0 Å². The molecule has 0 aromatic heterocycles. The van der Waals surface area contributed by atoms with Gasteiger partial charge in [0.25, 0.3) is 0 Å². The minimum absolute atomic E-state index is 0.106. The van der Waals surface area contributed by atoms with E-state index in [2.05, 4.69) is 15.1 Å². The molecule has 7 heteroatoms. The van der Waals surface area contributed by atoms with E-state index in [9.17, 15) is 9.59 Å². The number of alkyl carbamates (subject to hydrolysis) is 1. The molecule has 0 aromatic rings. The van der Waals surface area contributed by atoms with Gasteiger partial charge in [-0.25, -0.2) is 14.6 Å². The molecular formula is C9H17NO6. The van der Waals surface area contributed by atoms with Crippen molar-refractivity contribution in [2.75, 3.05) is 26.9 Å². The highest BCUT2D eigenvalue weighted by Crippen LogP contribution is 1.93. The summed E-state index contributed by atoms with van der Waals surface area (Å²) in [5.41, 5.74) is 0. The van der Waals surface area contributed by atoms with Crippen molar-refractivity contribution in [2.24, 2.45) is 0 Å². The Balaban J connectivity index is 3.20. The van der Waals surface area contributed by atoms with Crippen LogP contribution >= 0.6 is 0 Å². The predicted octanol–water partition coefficient (Wildman–Crippen LogP) is 0.545. The van der Waals surface area contributed by atoms with E-state index in [0.29, 0.717) is 19.4 Å². The molecule has 94 valence electrons. The number of hydrogen-bond donors (Lipinski definition) is 2.